The van der Waals surface area contributed by atoms with Crippen molar-refractivity contribution in [1.29, 1.82) is 0 Å². The average molecular weight is 317 g/mol. The lowest BCUT2D eigenvalue weighted by Crippen LogP contribution is -2.32. The fourth-order valence-corrected chi connectivity index (χ4v) is 3.23. The Morgan fingerprint density at radius 3 is 2.68 bits per heavy atom. The van der Waals surface area contributed by atoms with Gasteiger partial charge in [0.1, 0.15) is 0 Å². The first-order valence-electron chi connectivity index (χ1n) is 7.45. The highest BCUT2D eigenvalue weighted by Crippen LogP contribution is 2.21. The van der Waals surface area contributed by atoms with Crippen LogP contribution in [-0.2, 0) is 17.6 Å². The molecule has 0 saturated heterocycles. The van der Waals surface area contributed by atoms with Crippen LogP contribution in [0.15, 0.2) is 30.3 Å². The van der Waals surface area contributed by atoms with Crippen LogP contribution in [0.2, 0.25) is 0 Å². The molecule has 1 heterocycles. The van der Waals surface area contributed by atoms with E-state index in [1.807, 2.05) is 39.2 Å². The van der Waals surface area contributed by atoms with Crippen molar-refractivity contribution in [3.8, 4) is 0 Å². The predicted octanol–water partition coefficient (Wildman–Crippen LogP) is 2.26. The number of nitrogens with zero attached hydrogens (tertiary/aromatic N) is 2. The van der Waals surface area contributed by atoms with Gasteiger partial charge in [-0.25, -0.2) is 4.98 Å². The van der Waals surface area contributed by atoms with Crippen LogP contribution in [0.4, 0.5) is 0 Å². The zero-order valence-electron chi connectivity index (χ0n) is 13.4. The summed E-state index contributed by atoms with van der Waals surface area (Å²) in [5, 5.41) is 4.02. The van der Waals surface area contributed by atoms with Gasteiger partial charge in [-0.05, 0) is 26.6 Å². The maximum Gasteiger partial charge on any atom is 0.225 e. The van der Waals surface area contributed by atoms with Gasteiger partial charge in [0.2, 0.25) is 5.91 Å². The predicted molar refractivity (Wildman–Crippen MR) is 91.4 cm³/mol. The molecule has 4 nitrogen and oxygen atoms in total. The molecule has 0 aliphatic heterocycles. The Bertz CT molecular complexity index is 608. The number of carbonyl (C=O) groups is 1. The topological polar surface area (TPSA) is 45.2 Å². The number of carbonyl (C=O) groups excluding carboxylic acids is 1. The van der Waals surface area contributed by atoms with Gasteiger partial charge in [0.25, 0.3) is 0 Å². The van der Waals surface area contributed by atoms with Crippen LogP contribution in [0, 0.1) is 6.92 Å². The summed E-state index contributed by atoms with van der Waals surface area (Å²) in [4.78, 5) is 19.7. The van der Waals surface area contributed by atoms with Crippen LogP contribution in [0.1, 0.15) is 21.1 Å². The second-order valence-corrected chi connectivity index (χ2v) is 6.78. The van der Waals surface area contributed by atoms with Gasteiger partial charge in [-0.15, -0.1) is 11.3 Å². The van der Waals surface area contributed by atoms with Crippen molar-refractivity contribution >= 4 is 17.2 Å². The maximum absolute atomic E-state index is 12.0. The molecule has 0 spiro atoms. The number of thiazole rings is 1. The third kappa shape index (κ3) is 5.24. The van der Waals surface area contributed by atoms with Crippen molar-refractivity contribution in [3.05, 3.63) is 51.5 Å². The molecule has 0 aliphatic rings. The van der Waals surface area contributed by atoms with E-state index in [2.05, 4.69) is 27.3 Å². The van der Waals surface area contributed by atoms with Gasteiger partial charge in [-0.3, -0.25) is 4.79 Å². The van der Waals surface area contributed by atoms with E-state index in [9.17, 15) is 4.79 Å². The molecule has 118 valence electrons. The van der Waals surface area contributed by atoms with Gasteiger partial charge in [-0.1, -0.05) is 30.3 Å². The van der Waals surface area contributed by atoms with Gasteiger partial charge in [0, 0.05) is 24.4 Å². The number of nitrogens with one attached hydrogen (secondary N) is 1. The Morgan fingerprint density at radius 1 is 1.27 bits per heavy atom. The Labute approximate surface area is 136 Å². The fraction of sp³-hybridized carbons (Fsp3) is 0.412. The third-order valence-corrected chi connectivity index (χ3v) is 4.49. The molecule has 1 aromatic carbocycles. The second kappa shape index (κ2) is 8.06. The van der Waals surface area contributed by atoms with Crippen LogP contribution in [0.5, 0.6) is 0 Å². The number of aromatic nitrogens is 1. The highest BCUT2D eigenvalue weighted by molar-refractivity contribution is 7.11. The van der Waals surface area contributed by atoms with E-state index in [1.165, 1.54) is 5.56 Å². The van der Waals surface area contributed by atoms with Crippen molar-refractivity contribution in [2.45, 2.75) is 19.8 Å². The number of hydrogen-bond acceptors (Lipinski definition) is 4. The van der Waals surface area contributed by atoms with Crippen LogP contribution < -0.4 is 5.32 Å². The van der Waals surface area contributed by atoms with Gasteiger partial charge in [0.15, 0.2) is 0 Å². The molecule has 5 heteroatoms. The zero-order chi connectivity index (χ0) is 15.9. The summed E-state index contributed by atoms with van der Waals surface area (Å²) in [6.07, 6.45) is 1.25. The molecule has 0 atom stereocenters. The summed E-state index contributed by atoms with van der Waals surface area (Å²) < 4.78 is 0. The zero-order valence-corrected chi connectivity index (χ0v) is 14.2. The number of aryl methyl sites for hydroxylation is 1. The normalized spacial score (nSPS) is 10.9. The summed E-state index contributed by atoms with van der Waals surface area (Å²) in [6, 6.07) is 10.3. The fourth-order valence-electron chi connectivity index (χ4n) is 2.13. The quantitative estimate of drug-likeness (QED) is 0.852. The Morgan fingerprint density at radius 2 is 2.00 bits per heavy atom. The van der Waals surface area contributed by atoms with E-state index in [4.69, 9.17) is 0 Å². The first-order chi connectivity index (χ1) is 10.5. The molecule has 22 heavy (non-hydrogen) atoms. The molecular weight excluding hydrogens is 294 g/mol. The molecule has 1 N–H and O–H groups in total. The highest BCUT2D eigenvalue weighted by Gasteiger charge is 2.12. The highest BCUT2D eigenvalue weighted by atomic mass is 32.1. The van der Waals surface area contributed by atoms with Crippen molar-refractivity contribution in [3.63, 3.8) is 0 Å². The first-order valence-corrected chi connectivity index (χ1v) is 8.27. The van der Waals surface area contributed by atoms with Crippen LogP contribution in [-0.4, -0.2) is 43.0 Å². The number of amides is 1. The largest absolute Gasteiger partial charge is 0.355 e. The third-order valence-electron chi connectivity index (χ3n) is 3.34. The van der Waals surface area contributed by atoms with Crippen LogP contribution >= 0.6 is 11.3 Å². The van der Waals surface area contributed by atoms with Crippen molar-refractivity contribution in [2.75, 3.05) is 27.2 Å². The SMILES string of the molecule is Cc1nc(Cc2ccccc2)sc1CC(=O)NCCN(C)C. The number of hydrogen-bond donors (Lipinski definition) is 1. The molecule has 2 rings (SSSR count). The van der Waals surface area contributed by atoms with Crippen LogP contribution in [0.3, 0.4) is 0 Å². The van der Waals surface area contributed by atoms with E-state index in [-0.39, 0.29) is 5.91 Å². The molecule has 0 unspecified atom stereocenters. The lowest BCUT2D eigenvalue weighted by Gasteiger charge is -2.09. The van der Waals surface area contributed by atoms with Crippen LogP contribution in [0.25, 0.3) is 0 Å². The number of benzene rings is 1. The molecule has 0 bridgehead atoms. The van der Waals surface area contributed by atoms with Gasteiger partial charge < -0.3 is 10.2 Å². The van der Waals surface area contributed by atoms with Gasteiger partial charge >= 0.3 is 0 Å². The maximum atomic E-state index is 12.0. The molecule has 0 saturated carbocycles. The summed E-state index contributed by atoms with van der Waals surface area (Å²) in [7, 11) is 3.99. The van der Waals surface area contributed by atoms with E-state index in [1.54, 1.807) is 11.3 Å². The Hall–Kier alpha value is -1.72. The molecule has 0 radical (unpaired) electrons. The van der Waals surface area contributed by atoms with E-state index in [0.29, 0.717) is 13.0 Å². The van der Waals surface area contributed by atoms with E-state index < -0.39 is 0 Å². The second-order valence-electron chi connectivity index (χ2n) is 5.61. The summed E-state index contributed by atoms with van der Waals surface area (Å²) in [5.41, 5.74) is 2.22. The number of likely N-dealkylation sites (N-methyl/N-ethyl adjacent to an activating group) is 1. The molecular formula is C17H23N3OS. The van der Waals surface area contributed by atoms with Crippen molar-refractivity contribution < 1.29 is 4.79 Å². The number of rotatable bonds is 7. The molecule has 1 amide bonds. The smallest absolute Gasteiger partial charge is 0.225 e. The first kappa shape index (κ1) is 16.6. The summed E-state index contributed by atoms with van der Waals surface area (Å²) >= 11 is 1.64. The van der Waals surface area contributed by atoms with Crippen molar-refractivity contribution in [1.82, 2.24) is 15.2 Å². The minimum atomic E-state index is 0.0693. The minimum absolute atomic E-state index is 0.0693. The average Bonchev–Trinajstić information content (AvgIpc) is 2.79. The monoisotopic (exact) mass is 317 g/mol. The van der Waals surface area contributed by atoms with E-state index >= 15 is 0 Å². The van der Waals surface area contributed by atoms with Crippen molar-refractivity contribution in [2.24, 2.45) is 0 Å². The molecule has 1 aromatic heterocycles. The Balaban J connectivity index is 1.91. The molecule has 0 fully saturated rings. The molecule has 2 aromatic rings. The minimum Gasteiger partial charge on any atom is -0.355 e. The standard InChI is InChI=1S/C17H23N3OS/c1-13-15(12-16(21)18-9-10-20(2)3)22-17(19-13)11-14-7-5-4-6-8-14/h4-8H,9-12H2,1-3H3,(H,18,21). The summed E-state index contributed by atoms with van der Waals surface area (Å²) in [6.45, 7) is 3.51. The summed E-state index contributed by atoms with van der Waals surface area (Å²) in [5.74, 6) is 0.0693. The lowest BCUT2D eigenvalue weighted by atomic mass is 10.2. The van der Waals surface area contributed by atoms with Gasteiger partial charge in [0.05, 0.1) is 17.1 Å². The van der Waals surface area contributed by atoms with E-state index in [0.717, 1.165) is 28.5 Å². The molecule has 0 aliphatic carbocycles. The van der Waals surface area contributed by atoms with Gasteiger partial charge in [-0.2, -0.15) is 0 Å². The lowest BCUT2D eigenvalue weighted by molar-refractivity contribution is -0.120. The Kier molecular flexibility index (Phi) is 6.10.